The number of hydrogen-bond donors (Lipinski definition) is 2. The van der Waals surface area contributed by atoms with E-state index in [9.17, 15) is 13.2 Å². The Morgan fingerprint density at radius 3 is 2.32 bits per heavy atom. The van der Waals surface area contributed by atoms with E-state index in [1.807, 2.05) is 0 Å². The summed E-state index contributed by atoms with van der Waals surface area (Å²) in [5, 5.41) is 2.75. The van der Waals surface area contributed by atoms with E-state index in [0.717, 1.165) is 4.47 Å². The van der Waals surface area contributed by atoms with Crippen LogP contribution in [0.1, 0.15) is 24.2 Å². The number of methoxy groups -OCH3 is 1. The summed E-state index contributed by atoms with van der Waals surface area (Å²) < 4.78 is 32.7. The Balaban J connectivity index is 2.20. The van der Waals surface area contributed by atoms with E-state index in [1.165, 1.54) is 31.4 Å². The van der Waals surface area contributed by atoms with Crippen LogP contribution < -0.4 is 14.8 Å². The standard InChI is InChI=1S/C17H19BrN2O4S/c1-11(2)20-25(22,23)14-7-4-12(5-8-14)17(21)19-15-10-13(18)6-9-16(15)24-3/h4-11,20H,1-3H3,(H,19,21). The zero-order valence-corrected chi connectivity index (χ0v) is 16.4. The van der Waals surface area contributed by atoms with Gasteiger partial charge in [-0.25, -0.2) is 13.1 Å². The van der Waals surface area contributed by atoms with Crippen LogP contribution in [0.15, 0.2) is 51.8 Å². The highest BCUT2D eigenvalue weighted by atomic mass is 79.9. The van der Waals surface area contributed by atoms with E-state index in [4.69, 9.17) is 4.74 Å². The molecule has 2 aromatic carbocycles. The van der Waals surface area contributed by atoms with E-state index >= 15 is 0 Å². The predicted molar refractivity (Wildman–Crippen MR) is 101 cm³/mol. The zero-order valence-electron chi connectivity index (χ0n) is 14.0. The first-order valence-electron chi connectivity index (χ1n) is 7.50. The summed E-state index contributed by atoms with van der Waals surface area (Å²) in [6.45, 7) is 3.48. The van der Waals surface area contributed by atoms with Gasteiger partial charge in [-0.3, -0.25) is 4.79 Å². The summed E-state index contributed by atoms with van der Waals surface area (Å²) >= 11 is 3.34. The van der Waals surface area contributed by atoms with E-state index in [1.54, 1.807) is 32.0 Å². The zero-order chi connectivity index (χ0) is 18.6. The lowest BCUT2D eigenvalue weighted by Gasteiger charge is -2.12. The second kappa shape index (κ2) is 7.99. The molecule has 0 unspecified atom stereocenters. The topological polar surface area (TPSA) is 84.5 Å². The number of benzene rings is 2. The first-order chi connectivity index (χ1) is 11.7. The van der Waals surface area contributed by atoms with Gasteiger partial charge in [0.05, 0.1) is 17.7 Å². The molecular formula is C17H19BrN2O4S. The van der Waals surface area contributed by atoms with E-state index in [0.29, 0.717) is 17.0 Å². The molecule has 0 heterocycles. The number of carbonyl (C=O) groups is 1. The maximum absolute atomic E-state index is 12.4. The third-order valence-electron chi connectivity index (χ3n) is 3.23. The minimum Gasteiger partial charge on any atom is -0.495 e. The van der Waals surface area contributed by atoms with Crippen molar-refractivity contribution in [1.82, 2.24) is 4.72 Å². The second-order valence-corrected chi connectivity index (χ2v) is 8.23. The molecule has 0 aliphatic rings. The van der Waals surface area contributed by atoms with Gasteiger partial charge in [-0.1, -0.05) is 15.9 Å². The number of ether oxygens (including phenoxy) is 1. The average molecular weight is 427 g/mol. The first-order valence-corrected chi connectivity index (χ1v) is 9.78. The molecule has 0 saturated carbocycles. The molecule has 25 heavy (non-hydrogen) atoms. The van der Waals surface area contributed by atoms with E-state index in [2.05, 4.69) is 26.0 Å². The summed E-state index contributed by atoms with van der Waals surface area (Å²) in [7, 11) is -2.07. The maximum atomic E-state index is 12.4. The smallest absolute Gasteiger partial charge is 0.255 e. The van der Waals surface area contributed by atoms with Crippen molar-refractivity contribution in [3.63, 3.8) is 0 Å². The van der Waals surface area contributed by atoms with Crippen LogP contribution >= 0.6 is 15.9 Å². The lowest BCUT2D eigenvalue weighted by Crippen LogP contribution is -2.30. The molecular weight excluding hydrogens is 408 g/mol. The molecule has 2 N–H and O–H groups in total. The number of anilines is 1. The van der Waals surface area contributed by atoms with Gasteiger partial charge in [0.15, 0.2) is 0 Å². The van der Waals surface area contributed by atoms with Crippen LogP contribution in [0.4, 0.5) is 5.69 Å². The highest BCUT2D eigenvalue weighted by Gasteiger charge is 2.16. The van der Waals surface area contributed by atoms with Crippen LogP contribution in [-0.4, -0.2) is 27.5 Å². The van der Waals surface area contributed by atoms with Gasteiger partial charge in [-0.2, -0.15) is 0 Å². The Bertz CT molecular complexity index is 865. The lowest BCUT2D eigenvalue weighted by atomic mass is 10.2. The van der Waals surface area contributed by atoms with Crippen LogP contribution in [0.2, 0.25) is 0 Å². The fraction of sp³-hybridized carbons (Fsp3) is 0.235. The first kappa shape index (κ1) is 19.4. The van der Waals surface area contributed by atoms with Gasteiger partial charge in [0.1, 0.15) is 5.75 Å². The minimum absolute atomic E-state index is 0.109. The molecule has 0 radical (unpaired) electrons. The Kier molecular flexibility index (Phi) is 6.21. The summed E-state index contributed by atoms with van der Waals surface area (Å²) in [6.07, 6.45) is 0. The molecule has 1 amide bonds. The van der Waals surface area contributed by atoms with E-state index in [-0.39, 0.29) is 16.8 Å². The average Bonchev–Trinajstić information content (AvgIpc) is 2.54. The molecule has 0 saturated heterocycles. The Morgan fingerprint density at radius 1 is 1.12 bits per heavy atom. The number of amides is 1. The number of carbonyl (C=O) groups excluding carboxylic acids is 1. The second-order valence-electron chi connectivity index (χ2n) is 5.60. The summed E-state index contributed by atoms with van der Waals surface area (Å²) in [5.41, 5.74) is 0.852. The van der Waals surface area contributed by atoms with Crippen molar-refractivity contribution in [2.24, 2.45) is 0 Å². The van der Waals surface area contributed by atoms with Crippen molar-refractivity contribution < 1.29 is 17.9 Å². The molecule has 0 fully saturated rings. The molecule has 0 aliphatic heterocycles. The van der Waals surface area contributed by atoms with Crippen LogP contribution in [-0.2, 0) is 10.0 Å². The van der Waals surface area contributed by atoms with Gasteiger partial charge in [0.2, 0.25) is 10.0 Å². The molecule has 8 heteroatoms. The van der Waals surface area contributed by atoms with Gasteiger partial charge in [-0.15, -0.1) is 0 Å². The number of nitrogens with one attached hydrogen (secondary N) is 2. The van der Waals surface area contributed by atoms with Crippen molar-refractivity contribution in [3.05, 3.63) is 52.5 Å². The Morgan fingerprint density at radius 2 is 1.76 bits per heavy atom. The van der Waals surface area contributed by atoms with Crippen molar-refractivity contribution in [3.8, 4) is 5.75 Å². The van der Waals surface area contributed by atoms with Crippen molar-refractivity contribution in [2.45, 2.75) is 24.8 Å². The fourth-order valence-electron chi connectivity index (χ4n) is 2.14. The van der Waals surface area contributed by atoms with Gasteiger partial charge in [-0.05, 0) is 56.3 Å². The molecule has 2 aromatic rings. The Labute approximate surface area is 155 Å². The largest absolute Gasteiger partial charge is 0.495 e. The van der Waals surface area contributed by atoms with Gasteiger partial charge in [0, 0.05) is 16.1 Å². The lowest BCUT2D eigenvalue weighted by molar-refractivity contribution is 0.102. The molecule has 0 aromatic heterocycles. The quantitative estimate of drug-likeness (QED) is 0.740. The molecule has 6 nitrogen and oxygen atoms in total. The number of hydrogen-bond acceptors (Lipinski definition) is 4. The SMILES string of the molecule is COc1ccc(Br)cc1NC(=O)c1ccc(S(=O)(=O)NC(C)C)cc1. The van der Waals surface area contributed by atoms with Crippen molar-refractivity contribution in [1.29, 1.82) is 0 Å². The maximum Gasteiger partial charge on any atom is 0.255 e. The molecule has 0 spiro atoms. The normalized spacial score (nSPS) is 11.4. The molecule has 2 rings (SSSR count). The van der Waals surface area contributed by atoms with Crippen molar-refractivity contribution in [2.75, 3.05) is 12.4 Å². The summed E-state index contributed by atoms with van der Waals surface area (Å²) in [5.74, 6) is 0.161. The highest BCUT2D eigenvalue weighted by Crippen LogP contribution is 2.28. The van der Waals surface area contributed by atoms with Gasteiger partial charge >= 0.3 is 0 Å². The number of halogens is 1. The summed E-state index contributed by atoms with van der Waals surface area (Å²) in [6, 6.07) is 10.8. The highest BCUT2D eigenvalue weighted by molar-refractivity contribution is 9.10. The number of sulfonamides is 1. The predicted octanol–water partition coefficient (Wildman–Crippen LogP) is 3.40. The minimum atomic E-state index is -3.59. The van der Waals surface area contributed by atoms with Crippen LogP contribution in [0.5, 0.6) is 5.75 Å². The van der Waals surface area contributed by atoms with E-state index < -0.39 is 10.0 Å². The molecule has 0 atom stereocenters. The molecule has 0 bridgehead atoms. The molecule has 0 aliphatic carbocycles. The summed E-state index contributed by atoms with van der Waals surface area (Å²) in [4.78, 5) is 12.5. The van der Waals surface area contributed by atoms with Crippen LogP contribution in [0, 0.1) is 0 Å². The fourth-order valence-corrected chi connectivity index (χ4v) is 3.75. The van der Waals surface area contributed by atoms with Gasteiger partial charge in [0.25, 0.3) is 5.91 Å². The van der Waals surface area contributed by atoms with Gasteiger partial charge < -0.3 is 10.1 Å². The van der Waals surface area contributed by atoms with Crippen LogP contribution in [0.3, 0.4) is 0 Å². The van der Waals surface area contributed by atoms with Crippen molar-refractivity contribution >= 4 is 37.5 Å². The van der Waals surface area contributed by atoms with Crippen LogP contribution in [0.25, 0.3) is 0 Å². The number of rotatable bonds is 6. The molecule has 134 valence electrons. The third-order valence-corrected chi connectivity index (χ3v) is 5.40. The third kappa shape index (κ3) is 5.04. The Hall–Kier alpha value is -1.90. The monoisotopic (exact) mass is 426 g/mol.